The van der Waals surface area contributed by atoms with Crippen molar-refractivity contribution in [2.24, 2.45) is 17.8 Å². The molecule has 0 amide bonds. The van der Waals surface area contributed by atoms with E-state index in [-0.39, 0.29) is 17.0 Å². The lowest BCUT2D eigenvalue weighted by molar-refractivity contribution is 0.132. The molecule has 2 saturated carbocycles. The Morgan fingerprint density at radius 1 is 0.839 bits per heavy atom. The molecule has 0 aliphatic heterocycles. The molecular weight excluding hydrogens is 393 g/mol. The molecule has 2 aliphatic carbocycles. The van der Waals surface area contributed by atoms with Gasteiger partial charge in [-0.1, -0.05) is 36.4 Å². The van der Waals surface area contributed by atoms with E-state index in [9.17, 15) is 4.39 Å². The van der Waals surface area contributed by atoms with Crippen LogP contribution in [0.15, 0.2) is 55.6 Å². The van der Waals surface area contributed by atoms with Crippen LogP contribution in [-0.2, 0) is 6.42 Å². The monoisotopic (exact) mass is 424 g/mol. The fourth-order valence-corrected chi connectivity index (χ4v) is 5.71. The second-order valence-corrected chi connectivity index (χ2v) is 9.31. The van der Waals surface area contributed by atoms with Crippen LogP contribution < -0.4 is 0 Å². The average molecular weight is 425 g/mol. The number of aryl methyl sites for hydroxylation is 1. The molecule has 4 rings (SSSR count). The van der Waals surface area contributed by atoms with E-state index in [0.29, 0.717) is 29.7 Å². The van der Waals surface area contributed by atoms with Crippen LogP contribution in [0.3, 0.4) is 0 Å². The van der Waals surface area contributed by atoms with Crippen LogP contribution >= 0.6 is 0 Å². The van der Waals surface area contributed by atoms with Crippen LogP contribution in [0.1, 0.15) is 62.0 Å². The molecule has 2 fully saturated rings. The third kappa shape index (κ3) is 4.51. The first-order chi connectivity index (χ1) is 15.0. The van der Waals surface area contributed by atoms with E-state index in [2.05, 4.69) is 19.2 Å². The Labute approximate surface area is 183 Å². The van der Waals surface area contributed by atoms with E-state index in [1.807, 2.05) is 0 Å². The number of hydrogen-bond donors (Lipinski definition) is 0. The number of benzene rings is 2. The van der Waals surface area contributed by atoms with Gasteiger partial charge in [0.15, 0.2) is 11.6 Å². The summed E-state index contributed by atoms with van der Waals surface area (Å²) in [5.74, 6) is -0.372. The van der Waals surface area contributed by atoms with Crippen LogP contribution in [0.2, 0.25) is 0 Å². The van der Waals surface area contributed by atoms with Crippen LogP contribution in [0.25, 0.3) is 11.1 Å². The van der Waals surface area contributed by atoms with Crippen LogP contribution in [0.5, 0.6) is 0 Å². The summed E-state index contributed by atoms with van der Waals surface area (Å²) in [6.07, 6.45) is 11.6. The maximum absolute atomic E-state index is 15.1. The molecule has 31 heavy (non-hydrogen) atoms. The van der Waals surface area contributed by atoms with Gasteiger partial charge in [0, 0.05) is 11.1 Å². The molecule has 0 radical (unpaired) electrons. The van der Waals surface area contributed by atoms with E-state index in [4.69, 9.17) is 0 Å². The van der Waals surface area contributed by atoms with Gasteiger partial charge in [0.05, 0.1) is 0 Å². The molecule has 4 atom stereocenters. The SMILES string of the molecule is C=CCCc1ccc(-c2ccc(C3CCC4CC(C=C)CCC4C3)c(F)c2F)c(F)c1. The van der Waals surface area contributed by atoms with Crippen molar-refractivity contribution in [3.63, 3.8) is 0 Å². The summed E-state index contributed by atoms with van der Waals surface area (Å²) in [7, 11) is 0. The maximum Gasteiger partial charge on any atom is 0.167 e. The lowest BCUT2D eigenvalue weighted by Crippen LogP contribution is -2.30. The van der Waals surface area contributed by atoms with Gasteiger partial charge in [-0.25, -0.2) is 13.2 Å². The predicted octanol–water partition coefficient (Wildman–Crippen LogP) is 8.38. The third-order valence-electron chi connectivity index (χ3n) is 7.50. The van der Waals surface area contributed by atoms with E-state index in [1.165, 1.54) is 12.5 Å². The van der Waals surface area contributed by atoms with Gasteiger partial charge in [-0.3, -0.25) is 0 Å². The van der Waals surface area contributed by atoms with Gasteiger partial charge < -0.3 is 0 Å². The molecular formula is C28H31F3. The van der Waals surface area contributed by atoms with Gasteiger partial charge in [0.1, 0.15) is 5.82 Å². The number of allylic oxidation sites excluding steroid dienone is 2. The molecule has 2 aromatic carbocycles. The third-order valence-corrected chi connectivity index (χ3v) is 7.50. The van der Waals surface area contributed by atoms with Gasteiger partial charge in [0.25, 0.3) is 0 Å². The molecule has 0 heterocycles. The van der Waals surface area contributed by atoms with Crippen LogP contribution in [0, 0.1) is 35.2 Å². The second-order valence-electron chi connectivity index (χ2n) is 9.31. The maximum atomic E-state index is 15.1. The summed E-state index contributed by atoms with van der Waals surface area (Å²) in [6, 6.07) is 7.96. The minimum atomic E-state index is -0.937. The minimum Gasteiger partial charge on any atom is -0.206 e. The Hall–Kier alpha value is -2.29. The molecule has 0 aromatic heterocycles. The quantitative estimate of drug-likeness (QED) is 0.409. The highest BCUT2D eigenvalue weighted by Crippen LogP contribution is 2.48. The lowest BCUT2D eigenvalue weighted by atomic mass is 9.64. The fourth-order valence-electron chi connectivity index (χ4n) is 5.71. The van der Waals surface area contributed by atoms with Gasteiger partial charge in [0.2, 0.25) is 0 Å². The van der Waals surface area contributed by atoms with E-state index >= 15 is 8.78 Å². The zero-order chi connectivity index (χ0) is 22.0. The summed E-state index contributed by atoms with van der Waals surface area (Å²) in [4.78, 5) is 0. The predicted molar refractivity (Wildman–Crippen MR) is 121 cm³/mol. The topological polar surface area (TPSA) is 0 Å². The normalized spacial score (nSPS) is 25.6. The Kier molecular flexibility index (Phi) is 6.69. The van der Waals surface area contributed by atoms with Crippen LogP contribution in [0.4, 0.5) is 13.2 Å². The molecule has 164 valence electrons. The largest absolute Gasteiger partial charge is 0.206 e. The number of rotatable bonds is 6. The second kappa shape index (κ2) is 9.46. The first-order valence-corrected chi connectivity index (χ1v) is 11.5. The molecule has 4 unspecified atom stereocenters. The summed E-state index contributed by atoms with van der Waals surface area (Å²) in [5.41, 5.74) is 1.38. The van der Waals surface area contributed by atoms with Crippen molar-refractivity contribution in [3.8, 4) is 11.1 Å². The Morgan fingerprint density at radius 2 is 1.58 bits per heavy atom. The van der Waals surface area contributed by atoms with Crippen molar-refractivity contribution in [2.75, 3.05) is 0 Å². The first-order valence-electron chi connectivity index (χ1n) is 11.5. The fraction of sp³-hybridized carbons (Fsp3) is 0.429. The zero-order valence-corrected chi connectivity index (χ0v) is 18.1. The first kappa shape index (κ1) is 21.9. The standard InChI is InChI=1S/C28H31F3/c1-3-5-6-19-8-12-24(26(29)16-19)25-14-13-23(27(30)28(25)31)22-11-10-20-15-18(4-2)7-9-21(20)17-22/h3-4,8,12-14,16,18,20-22H,1-2,5-7,9-11,15,17H2. The van der Waals surface area contributed by atoms with Crippen molar-refractivity contribution < 1.29 is 13.2 Å². The summed E-state index contributed by atoms with van der Waals surface area (Å²) in [6.45, 7) is 7.61. The van der Waals surface area contributed by atoms with Crippen LogP contribution in [-0.4, -0.2) is 0 Å². The van der Waals surface area contributed by atoms with Crippen molar-refractivity contribution in [1.29, 1.82) is 0 Å². The van der Waals surface area contributed by atoms with Gasteiger partial charge in [-0.15, -0.1) is 13.2 Å². The van der Waals surface area contributed by atoms with E-state index in [0.717, 1.165) is 44.1 Å². The lowest BCUT2D eigenvalue weighted by Gasteiger charge is -2.41. The Balaban J connectivity index is 1.54. The number of fused-ring (bicyclic) bond motifs is 1. The molecule has 2 aromatic rings. The molecule has 0 N–H and O–H groups in total. The molecule has 2 aliphatic rings. The van der Waals surface area contributed by atoms with Crippen molar-refractivity contribution >= 4 is 0 Å². The number of halogens is 3. The van der Waals surface area contributed by atoms with Crippen molar-refractivity contribution in [2.45, 2.75) is 57.3 Å². The van der Waals surface area contributed by atoms with Gasteiger partial charge in [-0.2, -0.15) is 0 Å². The van der Waals surface area contributed by atoms with E-state index < -0.39 is 17.5 Å². The molecule has 0 nitrogen and oxygen atoms in total. The van der Waals surface area contributed by atoms with Gasteiger partial charge in [-0.05, 0) is 92.2 Å². The average Bonchev–Trinajstić information content (AvgIpc) is 2.79. The highest BCUT2D eigenvalue weighted by atomic mass is 19.2. The molecule has 3 heteroatoms. The van der Waals surface area contributed by atoms with E-state index in [1.54, 1.807) is 30.3 Å². The highest BCUT2D eigenvalue weighted by molar-refractivity contribution is 5.66. The molecule has 0 bridgehead atoms. The summed E-state index contributed by atoms with van der Waals surface area (Å²) < 4.78 is 44.8. The van der Waals surface area contributed by atoms with Crippen molar-refractivity contribution in [3.05, 3.63) is 84.2 Å². The van der Waals surface area contributed by atoms with Crippen molar-refractivity contribution in [1.82, 2.24) is 0 Å². The highest BCUT2D eigenvalue weighted by Gasteiger charge is 2.36. The molecule has 0 spiro atoms. The summed E-state index contributed by atoms with van der Waals surface area (Å²) in [5, 5.41) is 0. The Bertz CT molecular complexity index is 961. The Morgan fingerprint density at radius 3 is 2.32 bits per heavy atom. The smallest absolute Gasteiger partial charge is 0.167 e. The van der Waals surface area contributed by atoms with Gasteiger partial charge >= 0.3 is 0 Å². The number of hydrogen-bond acceptors (Lipinski definition) is 0. The molecule has 0 saturated heterocycles. The summed E-state index contributed by atoms with van der Waals surface area (Å²) >= 11 is 0. The minimum absolute atomic E-state index is 0.00537. The zero-order valence-electron chi connectivity index (χ0n) is 18.1.